The van der Waals surface area contributed by atoms with Gasteiger partial charge < -0.3 is 4.74 Å². The van der Waals surface area contributed by atoms with Crippen LogP contribution in [-0.4, -0.2) is 12.4 Å². The lowest BCUT2D eigenvalue weighted by molar-refractivity contribution is 0.413. The Morgan fingerprint density at radius 3 is 2.82 bits per heavy atom. The van der Waals surface area contributed by atoms with E-state index >= 15 is 0 Å². The first-order valence-electron chi connectivity index (χ1n) is 6.02. The standard InChI is InChI=1S/C14H17NOS/c1-16-14-7-6-11(8-12(14)9-15)10-17-13-4-2-3-5-13/h6-8,13H,2-5,10H2,1H3. The maximum atomic E-state index is 9.02. The van der Waals surface area contributed by atoms with Crippen molar-refractivity contribution >= 4 is 11.8 Å². The van der Waals surface area contributed by atoms with Crippen LogP contribution in [-0.2, 0) is 5.75 Å². The Morgan fingerprint density at radius 1 is 1.41 bits per heavy atom. The Kier molecular flexibility index (Phi) is 4.33. The molecule has 0 aliphatic heterocycles. The highest BCUT2D eigenvalue weighted by Crippen LogP contribution is 2.32. The zero-order valence-electron chi connectivity index (χ0n) is 10.1. The Hall–Kier alpha value is -1.14. The molecule has 0 spiro atoms. The zero-order valence-corrected chi connectivity index (χ0v) is 10.9. The smallest absolute Gasteiger partial charge is 0.136 e. The van der Waals surface area contributed by atoms with Gasteiger partial charge in [0.25, 0.3) is 0 Å². The molecule has 17 heavy (non-hydrogen) atoms. The average molecular weight is 247 g/mol. The maximum Gasteiger partial charge on any atom is 0.136 e. The van der Waals surface area contributed by atoms with Crippen molar-refractivity contribution in [1.29, 1.82) is 5.26 Å². The normalized spacial score (nSPS) is 15.8. The van der Waals surface area contributed by atoms with Gasteiger partial charge in [0.1, 0.15) is 11.8 Å². The predicted octanol–water partition coefficient (Wildman–Crippen LogP) is 3.74. The van der Waals surface area contributed by atoms with Crippen molar-refractivity contribution in [2.45, 2.75) is 36.7 Å². The number of ether oxygens (including phenoxy) is 1. The number of hydrogen-bond acceptors (Lipinski definition) is 3. The van der Waals surface area contributed by atoms with Crippen LogP contribution in [0.25, 0.3) is 0 Å². The largest absolute Gasteiger partial charge is 0.495 e. The Bertz CT molecular complexity index is 419. The molecule has 1 aromatic carbocycles. The lowest BCUT2D eigenvalue weighted by Gasteiger charge is -2.09. The van der Waals surface area contributed by atoms with E-state index in [0.29, 0.717) is 11.3 Å². The summed E-state index contributed by atoms with van der Waals surface area (Å²) >= 11 is 2.02. The Balaban J connectivity index is 1.99. The van der Waals surface area contributed by atoms with E-state index < -0.39 is 0 Å². The van der Waals surface area contributed by atoms with Crippen molar-refractivity contribution in [3.63, 3.8) is 0 Å². The van der Waals surface area contributed by atoms with Gasteiger partial charge in [0.2, 0.25) is 0 Å². The summed E-state index contributed by atoms with van der Waals surface area (Å²) in [4.78, 5) is 0. The van der Waals surface area contributed by atoms with Gasteiger partial charge in [-0.3, -0.25) is 0 Å². The second kappa shape index (κ2) is 5.97. The molecule has 1 fully saturated rings. The minimum absolute atomic E-state index is 0.636. The highest BCUT2D eigenvalue weighted by molar-refractivity contribution is 7.99. The molecule has 1 aliphatic carbocycles. The van der Waals surface area contributed by atoms with Crippen molar-refractivity contribution < 1.29 is 4.74 Å². The molecule has 1 saturated carbocycles. The molecule has 3 heteroatoms. The molecule has 1 aliphatic rings. The van der Waals surface area contributed by atoms with E-state index in [4.69, 9.17) is 10.00 Å². The van der Waals surface area contributed by atoms with Crippen LogP contribution < -0.4 is 4.74 Å². The highest BCUT2D eigenvalue weighted by atomic mass is 32.2. The third-order valence-corrected chi connectivity index (χ3v) is 4.62. The minimum atomic E-state index is 0.636. The summed E-state index contributed by atoms with van der Waals surface area (Å²) in [6.45, 7) is 0. The van der Waals surface area contributed by atoms with Gasteiger partial charge in [-0.1, -0.05) is 18.9 Å². The fourth-order valence-corrected chi connectivity index (χ4v) is 3.48. The summed E-state index contributed by atoms with van der Waals surface area (Å²) in [6.07, 6.45) is 5.46. The first-order chi connectivity index (χ1) is 8.33. The van der Waals surface area contributed by atoms with Crippen LogP contribution in [0.5, 0.6) is 5.75 Å². The third kappa shape index (κ3) is 3.17. The van der Waals surface area contributed by atoms with Gasteiger partial charge in [-0.25, -0.2) is 0 Å². The summed E-state index contributed by atoms with van der Waals surface area (Å²) in [6, 6.07) is 8.07. The molecule has 1 aromatic rings. The molecule has 0 bridgehead atoms. The number of rotatable bonds is 4. The monoisotopic (exact) mass is 247 g/mol. The first-order valence-corrected chi connectivity index (χ1v) is 7.07. The van der Waals surface area contributed by atoms with Crippen molar-refractivity contribution in [1.82, 2.24) is 0 Å². The molecule has 90 valence electrons. The van der Waals surface area contributed by atoms with Crippen molar-refractivity contribution in [2.24, 2.45) is 0 Å². The lowest BCUT2D eigenvalue weighted by atomic mass is 10.1. The van der Waals surface area contributed by atoms with Crippen LogP contribution in [0.2, 0.25) is 0 Å². The van der Waals surface area contributed by atoms with E-state index in [1.54, 1.807) is 7.11 Å². The van der Waals surface area contributed by atoms with E-state index in [1.165, 1.54) is 31.2 Å². The topological polar surface area (TPSA) is 33.0 Å². The van der Waals surface area contributed by atoms with Crippen LogP contribution in [0.1, 0.15) is 36.8 Å². The summed E-state index contributed by atoms with van der Waals surface area (Å²) in [5.41, 5.74) is 1.86. The Labute approximate surface area is 107 Å². The highest BCUT2D eigenvalue weighted by Gasteiger charge is 2.15. The molecule has 2 nitrogen and oxygen atoms in total. The third-order valence-electron chi connectivity index (χ3n) is 3.17. The molecule has 0 unspecified atom stereocenters. The molecule has 0 radical (unpaired) electrons. The van der Waals surface area contributed by atoms with Gasteiger partial charge in [0.15, 0.2) is 0 Å². The van der Waals surface area contributed by atoms with Crippen LogP contribution in [0.3, 0.4) is 0 Å². The number of nitrogens with zero attached hydrogens (tertiary/aromatic N) is 1. The molecule has 2 rings (SSSR count). The number of benzene rings is 1. The number of hydrogen-bond donors (Lipinski definition) is 0. The number of thioether (sulfide) groups is 1. The van der Waals surface area contributed by atoms with E-state index in [1.807, 2.05) is 23.9 Å². The second-order valence-electron chi connectivity index (χ2n) is 4.36. The predicted molar refractivity (Wildman–Crippen MR) is 71.3 cm³/mol. The first kappa shape index (κ1) is 12.3. The quantitative estimate of drug-likeness (QED) is 0.812. The van der Waals surface area contributed by atoms with Gasteiger partial charge in [0, 0.05) is 11.0 Å². The number of methoxy groups -OCH3 is 1. The van der Waals surface area contributed by atoms with Crippen LogP contribution >= 0.6 is 11.8 Å². The fraction of sp³-hybridized carbons (Fsp3) is 0.500. The summed E-state index contributed by atoms with van der Waals surface area (Å²) < 4.78 is 5.14. The van der Waals surface area contributed by atoms with E-state index in [-0.39, 0.29) is 0 Å². The lowest BCUT2D eigenvalue weighted by Crippen LogP contribution is -1.96. The summed E-state index contributed by atoms with van der Waals surface area (Å²) in [7, 11) is 1.60. The van der Waals surface area contributed by atoms with Crippen molar-refractivity contribution in [3.8, 4) is 11.8 Å². The van der Waals surface area contributed by atoms with Crippen molar-refractivity contribution in [3.05, 3.63) is 29.3 Å². The van der Waals surface area contributed by atoms with Gasteiger partial charge in [0.05, 0.1) is 12.7 Å². The Morgan fingerprint density at radius 2 is 2.18 bits per heavy atom. The summed E-state index contributed by atoms with van der Waals surface area (Å²) in [5.74, 6) is 1.67. The zero-order chi connectivity index (χ0) is 12.1. The molecule has 0 N–H and O–H groups in total. The van der Waals surface area contributed by atoms with E-state index in [9.17, 15) is 0 Å². The molecular weight excluding hydrogens is 230 g/mol. The van der Waals surface area contributed by atoms with Gasteiger partial charge in [-0.15, -0.1) is 0 Å². The minimum Gasteiger partial charge on any atom is -0.495 e. The van der Waals surface area contributed by atoms with Crippen LogP contribution in [0.15, 0.2) is 18.2 Å². The average Bonchev–Trinajstić information content (AvgIpc) is 2.89. The molecular formula is C14H17NOS. The fourth-order valence-electron chi connectivity index (χ4n) is 2.20. The van der Waals surface area contributed by atoms with Crippen molar-refractivity contribution in [2.75, 3.05) is 7.11 Å². The van der Waals surface area contributed by atoms with Gasteiger partial charge in [-0.05, 0) is 30.5 Å². The van der Waals surface area contributed by atoms with Crippen LogP contribution in [0, 0.1) is 11.3 Å². The molecule has 0 aromatic heterocycles. The summed E-state index contributed by atoms with van der Waals surface area (Å²) in [5, 5.41) is 9.84. The van der Waals surface area contributed by atoms with E-state index in [2.05, 4.69) is 12.1 Å². The van der Waals surface area contributed by atoms with Gasteiger partial charge in [-0.2, -0.15) is 17.0 Å². The maximum absolute atomic E-state index is 9.02. The molecule has 0 atom stereocenters. The molecule has 0 amide bonds. The SMILES string of the molecule is COc1ccc(CSC2CCCC2)cc1C#N. The second-order valence-corrected chi connectivity index (χ2v) is 5.65. The number of nitriles is 1. The van der Waals surface area contributed by atoms with Crippen LogP contribution in [0.4, 0.5) is 0 Å². The molecule has 0 saturated heterocycles. The van der Waals surface area contributed by atoms with E-state index in [0.717, 1.165) is 11.0 Å². The molecule has 0 heterocycles. The van der Waals surface area contributed by atoms with Gasteiger partial charge >= 0.3 is 0 Å².